The third kappa shape index (κ3) is 2.83. The maximum absolute atomic E-state index is 11.3. The van der Waals surface area contributed by atoms with Gasteiger partial charge in [-0.25, -0.2) is 0 Å². The Morgan fingerprint density at radius 3 is 2.46 bits per heavy atom. The Labute approximate surface area is 179 Å². The molecule has 28 heavy (non-hydrogen) atoms. The zero-order chi connectivity index (χ0) is 19.7. The Morgan fingerprint density at radius 2 is 1.71 bits per heavy atom. The summed E-state index contributed by atoms with van der Waals surface area (Å²) in [6, 6.07) is 0. The van der Waals surface area contributed by atoms with Gasteiger partial charge in [0.1, 0.15) is 0 Å². The number of fused-ring (bicyclic) bond motifs is 5. The van der Waals surface area contributed by atoms with Crippen molar-refractivity contribution in [2.75, 3.05) is 11.5 Å². The lowest BCUT2D eigenvalue weighted by molar-refractivity contribution is -0.133. The Morgan fingerprint density at radius 1 is 0.964 bits per heavy atom. The van der Waals surface area contributed by atoms with Crippen LogP contribution < -0.4 is 0 Å². The maximum atomic E-state index is 11.3. The lowest BCUT2D eigenvalue weighted by atomic mass is 9.44. The number of hydrogen-bond acceptors (Lipinski definition) is 4. The summed E-state index contributed by atoms with van der Waals surface area (Å²) in [4.78, 5) is 0. The van der Waals surface area contributed by atoms with Gasteiger partial charge in [0.2, 0.25) is 0 Å². The summed E-state index contributed by atoms with van der Waals surface area (Å²) in [5.74, 6) is 5.00. The molecule has 8 atom stereocenters. The number of aliphatic hydroxyl groups excluding tert-OH is 2. The van der Waals surface area contributed by atoms with Crippen molar-refractivity contribution in [3.8, 4) is 0 Å². The molecule has 0 radical (unpaired) electrons. The van der Waals surface area contributed by atoms with Gasteiger partial charge in [-0.15, -0.1) is 23.5 Å². The summed E-state index contributed by atoms with van der Waals surface area (Å²) in [6.45, 7) is 7.46. The van der Waals surface area contributed by atoms with E-state index in [1.807, 2.05) is 0 Å². The molecule has 1 heterocycles. The molecule has 0 amide bonds. The largest absolute Gasteiger partial charge is 0.393 e. The molecule has 0 unspecified atom stereocenters. The van der Waals surface area contributed by atoms with Crippen molar-refractivity contribution in [1.82, 2.24) is 0 Å². The van der Waals surface area contributed by atoms with Crippen LogP contribution in [-0.4, -0.2) is 38.0 Å². The average molecular weight is 423 g/mol. The first kappa shape index (κ1) is 20.3. The van der Waals surface area contributed by atoms with Gasteiger partial charge < -0.3 is 10.2 Å². The Bertz CT molecular complexity index is 657. The fourth-order valence-corrected chi connectivity index (χ4v) is 11.6. The molecule has 1 saturated heterocycles. The molecule has 5 rings (SSSR count). The Balaban J connectivity index is 1.45. The SMILES string of the molecule is CC1(C2=C[C@@H](O)[C@H]3[C@@H]4CC[C@@H]5C[C@H](O)CC[C@]5(C)[C@H]4CC[C@]23C)SCCCS1. The molecule has 2 N–H and O–H groups in total. The molecule has 158 valence electrons. The van der Waals surface area contributed by atoms with Crippen molar-refractivity contribution in [3.05, 3.63) is 11.6 Å². The highest BCUT2D eigenvalue weighted by Crippen LogP contribution is 2.69. The molecule has 0 aromatic heterocycles. The molecule has 3 saturated carbocycles. The first-order valence-corrected chi connectivity index (χ1v) is 13.6. The van der Waals surface area contributed by atoms with Crippen LogP contribution in [0.4, 0.5) is 0 Å². The molecule has 5 aliphatic rings. The molecular weight excluding hydrogens is 384 g/mol. The van der Waals surface area contributed by atoms with Crippen LogP contribution in [0, 0.1) is 34.5 Å². The first-order valence-electron chi connectivity index (χ1n) is 11.6. The quantitative estimate of drug-likeness (QED) is 0.549. The van der Waals surface area contributed by atoms with Crippen LogP contribution in [0.1, 0.15) is 72.1 Å². The molecule has 4 fully saturated rings. The fourth-order valence-electron chi connectivity index (χ4n) is 8.35. The van der Waals surface area contributed by atoms with Crippen LogP contribution in [0.5, 0.6) is 0 Å². The highest BCUT2D eigenvalue weighted by molar-refractivity contribution is 8.19. The van der Waals surface area contributed by atoms with E-state index in [4.69, 9.17) is 0 Å². The third-order valence-electron chi connectivity index (χ3n) is 9.74. The number of aliphatic hydroxyl groups is 2. The van der Waals surface area contributed by atoms with E-state index >= 15 is 0 Å². The molecule has 0 bridgehead atoms. The molecular formula is C24H38O2S2. The minimum absolute atomic E-state index is 0.0749. The monoisotopic (exact) mass is 422 g/mol. The molecule has 4 heteroatoms. The second kappa shape index (κ2) is 6.93. The van der Waals surface area contributed by atoms with E-state index in [9.17, 15) is 10.2 Å². The highest BCUT2D eigenvalue weighted by Gasteiger charge is 2.62. The van der Waals surface area contributed by atoms with Gasteiger partial charge in [-0.05, 0) is 104 Å². The summed E-state index contributed by atoms with van der Waals surface area (Å²) in [6.07, 6.45) is 11.5. The van der Waals surface area contributed by atoms with Gasteiger partial charge in [0.15, 0.2) is 0 Å². The predicted molar refractivity (Wildman–Crippen MR) is 121 cm³/mol. The number of hydrogen-bond donors (Lipinski definition) is 2. The Kier molecular flexibility index (Phi) is 5.02. The van der Waals surface area contributed by atoms with E-state index in [0.717, 1.165) is 18.8 Å². The highest BCUT2D eigenvalue weighted by atomic mass is 32.2. The zero-order valence-corrected chi connectivity index (χ0v) is 19.5. The molecule has 0 aromatic rings. The molecule has 0 aromatic carbocycles. The maximum Gasteiger partial charge on any atom is 0.0798 e. The summed E-state index contributed by atoms with van der Waals surface area (Å²) in [5.41, 5.74) is 2.12. The second-order valence-electron chi connectivity index (χ2n) is 11.0. The van der Waals surface area contributed by atoms with Crippen molar-refractivity contribution in [2.45, 2.75) is 88.4 Å². The van der Waals surface area contributed by atoms with Crippen LogP contribution in [0.3, 0.4) is 0 Å². The normalized spacial score (nSPS) is 53.0. The van der Waals surface area contributed by atoms with Crippen molar-refractivity contribution in [3.63, 3.8) is 0 Å². The number of thioether (sulfide) groups is 2. The van der Waals surface area contributed by atoms with Crippen LogP contribution in [0.25, 0.3) is 0 Å². The molecule has 2 nitrogen and oxygen atoms in total. The van der Waals surface area contributed by atoms with Crippen LogP contribution in [-0.2, 0) is 0 Å². The minimum Gasteiger partial charge on any atom is -0.393 e. The summed E-state index contributed by atoms with van der Waals surface area (Å²) >= 11 is 4.24. The lowest BCUT2D eigenvalue weighted by Crippen LogP contribution is -2.55. The van der Waals surface area contributed by atoms with Gasteiger partial charge in [0, 0.05) is 5.92 Å². The molecule has 0 spiro atoms. The molecule has 4 aliphatic carbocycles. The van der Waals surface area contributed by atoms with Crippen molar-refractivity contribution >= 4 is 23.5 Å². The third-order valence-corrected chi connectivity index (χ3v) is 13.0. The van der Waals surface area contributed by atoms with E-state index < -0.39 is 0 Å². The van der Waals surface area contributed by atoms with Gasteiger partial charge in [0.25, 0.3) is 0 Å². The van der Waals surface area contributed by atoms with E-state index in [0.29, 0.717) is 23.2 Å². The van der Waals surface area contributed by atoms with Gasteiger partial charge in [0.05, 0.1) is 16.3 Å². The lowest BCUT2D eigenvalue weighted by Gasteiger charge is -2.61. The molecule has 1 aliphatic heterocycles. The topological polar surface area (TPSA) is 40.5 Å². The van der Waals surface area contributed by atoms with Gasteiger partial charge >= 0.3 is 0 Å². The van der Waals surface area contributed by atoms with Crippen molar-refractivity contribution < 1.29 is 10.2 Å². The van der Waals surface area contributed by atoms with Crippen LogP contribution in [0.2, 0.25) is 0 Å². The first-order chi connectivity index (χ1) is 13.3. The van der Waals surface area contributed by atoms with E-state index in [1.165, 1.54) is 50.0 Å². The summed E-state index contributed by atoms with van der Waals surface area (Å²) in [5, 5.41) is 21.6. The Hall–Kier alpha value is 0.360. The minimum atomic E-state index is -0.262. The van der Waals surface area contributed by atoms with Crippen LogP contribution in [0.15, 0.2) is 11.6 Å². The van der Waals surface area contributed by atoms with E-state index in [1.54, 1.807) is 5.57 Å². The summed E-state index contributed by atoms with van der Waals surface area (Å²) in [7, 11) is 0. The zero-order valence-electron chi connectivity index (χ0n) is 17.8. The van der Waals surface area contributed by atoms with Crippen molar-refractivity contribution in [2.24, 2.45) is 34.5 Å². The van der Waals surface area contributed by atoms with Gasteiger partial charge in [-0.1, -0.05) is 19.9 Å². The van der Waals surface area contributed by atoms with Gasteiger partial charge in [-0.3, -0.25) is 0 Å². The predicted octanol–water partition coefficient (Wildman–Crippen LogP) is 5.48. The summed E-state index contributed by atoms with van der Waals surface area (Å²) < 4.78 is 0.158. The van der Waals surface area contributed by atoms with E-state index in [2.05, 4.69) is 50.4 Å². The smallest absolute Gasteiger partial charge is 0.0798 e. The number of rotatable bonds is 1. The van der Waals surface area contributed by atoms with E-state index in [-0.39, 0.29) is 21.7 Å². The van der Waals surface area contributed by atoms with Crippen molar-refractivity contribution in [1.29, 1.82) is 0 Å². The standard InChI is InChI=1S/C24H38O2S2/c1-22-9-7-16(25)13-15(22)5-6-17-18(22)8-10-23(2)20(14-19(26)21(17)23)24(3)27-11-4-12-28-24/h14-19,21,25-26H,4-13H2,1-3H3/t15-,16-,17-,18+,19-,21-,22+,23-/m1/s1. The van der Waals surface area contributed by atoms with Crippen LogP contribution >= 0.6 is 23.5 Å². The van der Waals surface area contributed by atoms with Gasteiger partial charge in [-0.2, -0.15) is 0 Å². The average Bonchev–Trinajstić information content (AvgIpc) is 2.95. The fraction of sp³-hybridized carbons (Fsp3) is 0.917. The second-order valence-corrected chi connectivity index (χ2v) is 14.3.